The molecule has 0 saturated heterocycles. The van der Waals surface area contributed by atoms with Gasteiger partial charge in [0.25, 0.3) is 5.69 Å². The third-order valence-corrected chi connectivity index (χ3v) is 4.05. The van der Waals surface area contributed by atoms with E-state index in [-0.39, 0.29) is 5.69 Å². The quantitative estimate of drug-likeness (QED) is 0.374. The molecule has 1 rings (SSSR count). The van der Waals surface area contributed by atoms with Crippen LogP contribution >= 0.6 is 0 Å². The fraction of sp³-hybridized carbons (Fsp3) is 0.600. The summed E-state index contributed by atoms with van der Waals surface area (Å²) in [5.74, 6) is 0. The highest BCUT2D eigenvalue weighted by Gasteiger charge is 2.40. The highest BCUT2D eigenvalue weighted by Crippen LogP contribution is 2.25. The first-order valence-electron chi connectivity index (χ1n) is 7.55. The Hall–Kier alpha value is -1.48. The molecule has 8 heteroatoms. The SMILES string of the molecule is CCNCc1ccc([N+](=O)[O-])cc1B(O)OC(C)(C)C(C)(C)O. The molecule has 23 heavy (non-hydrogen) atoms. The van der Waals surface area contributed by atoms with Gasteiger partial charge in [0.1, 0.15) is 0 Å². The van der Waals surface area contributed by atoms with E-state index in [4.69, 9.17) is 4.65 Å². The zero-order valence-electron chi connectivity index (χ0n) is 14.3. The topological polar surface area (TPSA) is 105 Å². The van der Waals surface area contributed by atoms with E-state index < -0.39 is 23.2 Å². The first kappa shape index (κ1) is 19.6. The second-order valence-electron chi connectivity index (χ2n) is 6.46. The molecule has 0 heterocycles. The van der Waals surface area contributed by atoms with Gasteiger partial charge in [-0.3, -0.25) is 10.1 Å². The van der Waals surface area contributed by atoms with E-state index in [0.29, 0.717) is 17.6 Å². The summed E-state index contributed by atoms with van der Waals surface area (Å²) in [6, 6.07) is 4.29. The van der Waals surface area contributed by atoms with Crippen LogP contribution in [0.15, 0.2) is 18.2 Å². The summed E-state index contributed by atoms with van der Waals surface area (Å²) >= 11 is 0. The molecule has 0 unspecified atom stereocenters. The number of rotatable bonds is 8. The number of nitro benzene ring substituents is 1. The van der Waals surface area contributed by atoms with Gasteiger partial charge in [-0.15, -0.1) is 0 Å². The minimum absolute atomic E-state index is 0.121. The van der Waals surface area contributed by atoms with E-state index in [1.54, 1.807) is 33.8 Å². The van der Waals surface area contributed by atoms with Crippen LogP contribution in [0.25, 0.3) is 0 Å². The standard InChI is InChI=1S/C15H25BN2O5/c1-6-17-10-11-7-8-12(18(21)22)9-13(11)16(20)23-15(4,5)14(2,3)19/h7-9,17,19-20H,6,10H2,1-5H3. The van der Waals surface area contributed by atoms with E-state index >= 15 is 0 Å². The molecule has 7 nitrogen and oxygen atoms in total. The van der Waals surface area contributed by atoms with Crippen LogP contribution in [0, 0.1) is 10.1 Å². The Morgan fingerprint density at radius 2 is 1.96 bits per heavy atom. The van der Waals surface area contributed by atoms with Gasteiger partial charge in [0.15, 0.2) is 0 Å². The number of non-ortho nitro benzene ring substituents is 1. The molecule has 0 aliphatic heterocycles. The molecule has 0 aromatic heterocycles. The molecule has 0 aliphatic rings. The van der Waals surface area contributed by atoms with Crippen molar-refractivity contribution in [3.63, 3.8) is 0 Å². The highest BCUT2D eigenvalue weighted by atomic mass is 16.6. The van der Waals surface area contributed by atoms with E-state index in [2.05, 4.69) is 5.32 Å². The Balaban J connectivity index is 3.15. The van der Waals surface area contributed by atoms with E-state index in [1.807, 2.05) is 6.92 Å². The van der Waals surface area contributed by atoms with Crippen LogP contribution in [0.4, 0.5) is 5.69 Å². The first-order valence-corrected chi connectivity index (χ1v) is 7.55. The van der Waals surface area contributed by atoms with Crippen molar-refractivity contribution < 1.29 is 19.7 Å². The van der Waals surface area contributed by atoms with Crippen molar-refractivity contribution in [2.45, 2.75) is 52.4 Å². The van der Waals surface area contributed by atoms with Gasteiger partial charge < -0.3 is 20.1 Å². The lowest BCUT2D eigenvalue weighted by molar-refractivity contribution is -0.384. The Labute approximate surface area is 137 Å². The lowest BCUT2D eigenvalue weighted by Gasteiger charge is -2.38. The van der Waals surface area contributed by atoms with Crippen molar-refractivity contribution in [2.24, 2.45) is 0 Å². The van der Waals surface area contributed by atoms with Gasteiger partial charge in [-0.2, -0.15) is 0 Å². The second kappa shape index (κ2) is 7.40. The predicted molar refractivity (Wildman–Crippen MR) is 89.5 cm³/mol. The van der Waals surface area contributed by atoms with Gasteiger partial charge in [0.2, 0.25) is 0 Å². The summed E-state index contributed by atoms with van der Waals surface area (Å²) in [7, 11) is -1.38. The molecule has 1 aromatic rings. The van der Waals surface area contributed by atoms with E-state index in [9.17, 15) is 20.2 Å². The van der Waals surface area contributed by atoms with Gasteiger partial charge in [-0.1, -0.05) is 13.0 Å². The number of nitrogens with one attached hydrogen (secondary N) is 1. The summed E-state index contributed by atoms with van der Waals surface area (Å²) < 4.78 is 5.60. The van der Waals surface area contributed by atoms with E-state index in [1.165, 1.54) is 12.1 Å². The number of hydrogen-bond donors (Lipinski definition) is 3. The van der Waals surface area contributed by atoms with Crippen molar-refractivity contribution in [2.75, 3.05) is 6.54 Å². The molecule has 3 N–H and O–H groups in total. The van der Waals surface area contributed by atoms with Crippen LogP contribution in [-0.4, -0.2) is 39.9 Å². The van der Waals surface area contributed by atoms with Gasteiger partial charge in [-0.25, -0.2) is 0 Å². The number of benzene rings is 1. The average Bonchev–Trinajstić information content (AvgIpc) is 2.43. The number of hydrogen-bond acceptors (Lipinski definition) is 6. The number of nitro groups is 1. The minimum Gasteiger partial charge on any atom is -0.423 e. The van der Waals surface area contributed by atoms with Crippen LogP contribution in [-0.2, 0) is 11.2 Å². The maximum atomic E-state index is 11.0. The van der Waals surface area contributed by atoms with Gasteiger partial charge in [-0.05, 0) is 45.3 Å². The van der Waals surface area contributed by atoms with Crippen molar-refractivity contribution in [3.05, 3.63) is 33.9 Å². The third kappa shape index (κ3) is 5.00. The summed E-state index contributed by atoms with van der Waals surface area (Å²) in [5, 5.41) is 34.6. The molecule has 0 fully saturated rings. The summed E-state index contributed by atoms with van der Waals surface area (Å²) in [5.41, 5.74) is -1.35. The summed E-state index contributed by atoms with van der Waals surface area (Å²) in [6.07, 6.45) is 0. The Morgan fingerprint density at radius 3 is 2.43 bits per heavy atom. The van der Waals surface area contributed by atoms with Crippen molar-refractivity contribution in [1.82, 2.24) is 5.32 Å². The Bertz CT molecular complexity index is 557. The van der Waals surface area contributed by atoms with Crippen molar-refractivity contribution in [1.29, 1.82) is 0 Å². The summed E-state index contributed by atoms with van der Waals surface area (Å²) in [6.45, 7) is 9.57. The lowest BCUT2D eigenvalue weighted by atomic mass is 9.73. The molecule has 0 radical (unpaired) electrons. The Morgan fingerprint density at radius 1 is 1.35 bits per heavy atom. The van der Waals surface area contributed by atoms with Crippen LogP contribution in [0.1, 0.15) is 40.2 Å². The van der Waals surface area contributed by atoms with Crippen LogP contribution in [0.5, 0.6) is 0 Å². The molecule has 0 aliphatic carbocycles. The van der Waals surface area contributed by atoms with Gasteiger partial charge in [0.05, 0.1) is 16.1 Å². The molecular formula is C15H25BN2O5. The smallest absolute Gasteiger partial charge is 0.423 e. The average molecular weight is 324 g/mol. The van der Waals surface area contributed by atoms with Crippen LogP contribution in [0.2, 0.25) is 0 Å². The molecule has 0 bridgehead atoms. The monoisotopic (exact) mass is 324 g/mol. The molecule has 0 atom stereocenters. The second-order valence-corrected chi connectivity index (χ2v) is 6.46. The maximum absolute atomic E-state index is 11.0. The van der Waals surface area contributed by atoms with Gasteiger partial charge >= 0.3 is 7.12 Å². The Kier molecular flexibility index (Phi) is 6.29. The zero-order chi connectivity index (χ0) is 17.8. The van der Waals surface area contributed by atoms with Crippen LogP contribution < -0.4 is 10.8 Å². The molecule has 0 amide bonds. The molecular weight excluding hydrogens is 299 g/mol. The zero-order valence-corrected chi connectivity index (χ0v) is 14.3. The van der Waals surface area contributed by atoms with Crippen molar-refractivity contribution >= 4 is 18.3 Å². The normalized spacial score (nSPS) is 12.3. The fourth-order valence-electron chi connectivity index (χ4n) is 1.83. The minimum atomic E-state index is -1.38. The number of aliphatic hydroxyl groups is 1. The first-order chi connectivity index (χ1) is 10.5. The third-order valence-electron chi connectivity index (χ3n) is 4.05. The van der Waals surface area contributed by atoms with Gasteiger partial charge in [0, 0.05) is 18.7 Å². The van der Waals surface area contributed by atoms with E-state index in [0.717, 1.165) is 6.54 Å². The van der Waals surface area contributed by atoms with Crippen LogP contribution in [0.3, 0.4) is 0 Å². The largest absolute Gasteiger partial charge is 0.492 e. The molecule has 1 aromatic carbocycles. The fourth-order valence-corrected chi connectivity index (χ4v) is 1.83. The highest BCUT2D eigenvalue weighted by molar-refractivity contribution is 6.60. The molecule has 0 spiro atoms. The molecule has 128 valence electrons. The number of nitrogens with zero attached hydrogens (tertiary/aromatic N) is 1. The maximum Gasteiger partial charge on any atom is 0.492 e. The lowest BCUT2D eigenvalue weighted by Crippen LogP contribution is -2.53. The molecule has 0 saturated carbocycles. The van der Waals surface area contributed by atoms with Crippen molar-refractivity contribution in [3.8, 4) is 0 Å². The predicted octanol–water partition coefficient (Wildman–Crippen LogP) is 0.958. The summed E-state index contributed by atoms with van der Waals surface area (Å²) in [4.78, 5) is 10.5.